The van der Waals surface area contributed by atoms with Crippen LogP contribution in [0.3, 0.4) is 0 Å². The SMILES string of the molecule is CCC(NC(C)CN(C)C)c1cccc([N+](=O)[O-])c1. The molecule has 1 aromatic carbocycles. The summed E-state index contributed by atoms with van der Waals surface area (Å²) in [5, 5.41) is 14.3. The number of nitrogens with zero attached hydrogens (tertiary/aromatic N) is 2. The van der Waals surface area contributed by atoms with Gasteiger partial charge in [0.1, 0.15) is 0 Å². The Morgan fingerprint density at radius 2 is 2.11 bits per heavy atom. The summed E-state index contributed by atoms with van der Waals surface area (Å²) in [4.78, 5) is 12.6. The van der Waals surface area contributed by atoms with Gasteiger partial charge in [0, 0.05) is 30.8 Å². The van der Waals surface area contributed by atoms with Crippen LogP contribution >= 0.6 is 0 Å². The molecule has 5 nitrogen and oxygen atoms in total. The highest BCUT2D eigenvalue weighted by atomic mass is 16.6. The molecule has 0 aliphatic heterocycles. The van der Waals surface area contributed by atoms with Gasteiger partial charge in [0.15, 0.2) is 0 Å². The Hall–Kier alpha value is -1.46. The summed E-state index contributed by atoms with van der Waals surface area (Å²) in [6.07, 6.45) is 0.902. The van der Waals surface area contributed by atoms with Crippen molar-refractivity contribution in [1.29, 1.82) is 0 Å². The van der Waals surface area contributed by atoms with Gasteiger partial charge in [-0.3, -0.25) is 10.1 Å². The van der Waals surface area contributed by atoms with E-state index in [0.717, 1.165) is 18.5 Å². The monoisotopic (exact) mass is 265 g/mol. The molecule has 0 heterocycles. The average molecular weight is 265 g/mol. The lowest BCUT2D eigenvalue weighted by molar-refractivity contribution is -0.384. The van der Waals surface area contributed by atoms with Gasteiger partial charge in [-0.25, -0.2) is 0 Å². The predicted molar refractivity (Wildman–Crippen MR) is 77.3 cm³/mol. The maximum atomic E-state index is 10.8. The van der Waals surface area contributed by atoms with Crippen LogP contribution < -0.4 is 5.32 Å². The summed E-state index contributed by atoms with van der Waals surface area (Å²) >= 11 is 0. The van der Waals surface area contributed by atoms with Crippen molar-refractivity contribution in [1.82, 2.24) is 10.2 Å². The molecule has 0 radical (unpaired) electrons. The average Bonchev–Trinajstić information content (AvgIpc) is 2.35. The number of hydrogen-bond acceptors (Lipinski definition) is 4. The lowest BCUT2D eigenvalue weighted by Gasteiger charge is -2.24. The molecular formula is C14H23N3O2. The van der Waals surface area contributed by atoms with E-state index >= 15 is 0 Å². The van der Waals surface area contributed by atoms with Gasteiger partial charge < -0.3 is 10.2 Å². The molecule has 2 atom stereocenters. The maximum absolute atomic E-state index is 10.8. The first-order valence-corrected chi connectivity index (χ1v) is 6.59. The number of nitro benzene ring substituents is 1. The van der Waals surface area contributed by atoms with Crippen molar-refractivity contribution >= 4 is 5.69 Å². The molecule has 0 spiro atoms. The molecule has 0 aromatic heterocycles. The molecule has 1 aromatic rings. The van der Waals surface area contributed by atoms with Crippen LogP contribution in [0.1, 0.15) is 31.9 Å². The van der Waals surface area contributed by atoms with E-state index in [4.69, 9.17) is 0 Å². The molecular weight excluding hydrogens is 242 g/mol. The van der Waals surface area contributed by atoms with Crippen molar-refractivity contribution in [2.75, 3.05) is 20.6 Å². The van der Waals surface area contributed by atoms with Crippen molar-refractivity contribution < 1.29 is 4.92 Å². The third-order valence-corrected chi connectivity index (χ3v) is 3.02. The number of non-ortho nitro benzene ring substituents is 1. The summed E-state index contributed by atoms with van der Waals surface area (Å²) in [6, 6.07) is 7.35. The molecule has 2 unspecified atom stereocenters. The van der Waals surface area contributed by atoms with E-state index in [1.165, 1.54) is 6.07 Å². The second-order valence-corrected chi connectivity index (χ2v) is 5.14. The van der Waals surface area contributed by atoms with Gasteiger partial charge in [-0.2, -0.15) is 0 Å². The summed E-state index contributed by atoms with van der Waals surface area (Å²) in [5.74, 6) is 0. The Labute approximate surface area is 114 Å². The molecule has 19 heavy (non-hydrogen) atoms. The normalized spacial score (nSPS) is 14.4. The largest absolute Gasteiger partial charge is 0.308 e. The molecule has 0 aliphatic carbocycles. The third kappa shape index (κ3) is 4.96. The van der Waals surface area contributed by atoms with Crippen LogP contribution in [-0.2, 0) is 0 Å². The van der Waals surface area contributed by atoms with Crippen molar-refractivity contribution in [3.63, 3.8) is 0 Å². The zero-order chi connectivity index (χ0) is 14.4. The number of nitrogens with one attached hydrogen (secondary N) is 1. The Morgan fingerprint density at radius 1 is 1.42 bits per heavy atom. The van der Waals surface area contributed by atoms with Crippen molar-refractivity contribution in [3.05, 3.63) is 39.9 Å². The first-order valence-electron chi connectivity index (χ1n) is 6.59. The lowest BCUT2D eigenvalue weighted by Crippen LogP contribution is -2.38. The minimum absolute atomic E-state index is 0.148. The van der Waals surface area contributed by atoms with Crippen molar-refractivity contribution in [2.45, 2.75) is 32.4 Å². The molecule has 0 aliphatic rings. The van der Waals surface area contributed by atoms with Crippen molar-refractivity contribution in [3.8, 4) is 0 Å². The topological polar surface area (TPSA) is 58.4 Å². The Bertz CT molecular complexity index is 421. The van der Waals surface area contributed by atoms with E-state index < -0.39 is 0 Å². The van der Waals surface area contributed by atoms with Crippen molar-refractivity contribution in [2.24, 2.45) is 0 Å². The van der Waals surface area contributed by atoms with E-state index in [1.54, 1.807) is 12.1 Å². The molecule has 1 N–H and O–H groups in total. The van der Waals surface area contributed by atoms with Gasteiger partial charge in [-0.15, -0.1) is 0 Å². The quantitative estimate of drug-likeness (QED) is 0.608. The minimum Gasteiger partial charge on any atom is -0.308 e. The minimum atomic E-state index is -0.348. The fourth-order valence-electron chi connectivity index (χ4n) is 2.25. The highest BCUT2D eigenvalue weighted by Crippen LogP contribution is 2.22. The van der Waals surface area contributed by atoms with Gasteiger partial charge in [-0.05, 0) is 33.0 Å². The van der Waals surface area contributed by atoms with E-state index in [9.17, 15) is 10.1 Å². The van der Waals surface area contributed by atoms with Crippen LogP contribution in [0.5, 0.6) is 0 Å². The first-order chi connectivity index (χ1) is 8.93. The standard InChI is InChI=1S/C14H23N3O2/c1-5-14(15-11(2)10-16(3)4)12-7-6-8-13(9-12)17(18)19/h6-9,11,14-15H,5,10H2,1-4H3. The zero-order valence-corrected chi connectivity index (χ0v) is 12.1. The summed E-state index contributed by atoms with van der Waals surface area (Å²) in [7, 11) is 4.07. The van der Waals surface area contributed by atoms with Gasteiger partial charge in [0.05, 0.1) is 4.92 Å². The van der Waals surface area contributed by atoms with Crippen LogP contribution in [0, 0.1) is 10.1 Å². The maximum Gasteiger partial charge on any atom is 0.269 e. The molecule has 0 amide bonds. The molecule has 0 saturated heterocycles. The molecule has 0 fully saturated rings. The van der Waals surface area contributed by atoms with Crippen LogP contribution in [0.25, 0.3) is 0 Å². The predicted octanol–water partition coefficient (Wildman–Crippen LogP) is 2.59. The van der Waals surface area contributed by atoms with Crippen LogP contribution in [-0.4, -0.2) is 36.5 Å². The summed E-state index contributed by atoms with van der Waals surface area (Å²) in [6.45, 7) is 5.14. The van der Waals surface area contributed by atoms with E-state index in [2.05, 4.69) is 24.1 Å². The van der Waals surface area contributed by atoms with Gasteiger partial charge in [-0.1, -0.05) is 19.1 Å². The second kappa shape index (κ2) is 7.21. The van der Waals surface area contributed by atoms with Crippen LogP contribution in [0.4, 0.5) is 5.69 Å². The summed E-state index contributed by atoms with van der Waals surface area (Å²) in [5.41, 5.74) is 1.13. The van der Waals surface area contributed by atoms with Gasteiger partial charge >= 0.3 is 0 Å². The van der Waals surface area contributed by atoms with E-state index in [-0.39, 0.29) is 16.7 Å². The molecule has 5 heteroatoms. The lowest BCUT2D eigenvalue weighted by atomic mass is 10.0. The highest BCUT2D eigenvalue weighted by molar-refractivity contribution is 5.35. The Balaban J connectivity index is 2.79. The fraction of sp³-hybridized carbons (Fsp3) is 0.571. The molecule has 106 valence electrons. The first kappa shape index (κ1) is 15.6. The van der Waals surface area contributed by atoms with Crippen LogP contribution in [0.2, 0.25) is 0 Å². The van der Waals surface area contributed by atoms with E-state index in [1.807, 2.05) is 20.2 Å². The number of nitro groups is 1. The fourth-order valence-corrected chi connectivity index (χ4v) is 2.25. The number of rotatable bonds is 7. The van der Waals surface area contributed by atoms with Gasteiger partial charge in [0.25, 0.3) is 5.69 Å². The zero-order valence-electron chi connectivity index (χ0n) is 12.1. The summed E-state index contributed by atoms with van der Waals surface area (Å²) < 4.78 is 0. The molecule has 0 saturated carbocycles. The molecule has 1 rings (SSSR count). The number of benzene rings is 1. The van der Waals surface area contributed by atoms with E-state index in [0.29, 0.717) is 6.04 Å². The highest BCUT2D eigenvalue weighted by Gasteiger charge is 2.15. The van der Waals surface area contributed by atoms with Gasteiger partial charge in [0.2, 0.25) is 0 Å². The molecule has 0 bridgehead atoms. The number of likely N-dealkylation sites (N-methyl/N-ethyl adjacent to an activating group) is 1. The Kier molecular flexibility index (Phi) is 5.92. The van der Waals surface area contributed by atoms with Crippen LogP contribution in [0.15, 0.2) is 24.3 Å². The second-order valence-electron chi connectivity index (χ2n) is 5.14. The number of hydrogen-bond donors (Lipinski definition) is 1. The Morgan fingerprint density at radius 3 is 2.63 bits per heavy atom. The smallest absolute Gasteiger partial charge is 0.269 e. The third-order valence-electron chi connectivity index (χ3n) is 3.02.